The van der Waals surface area contributed by atoms with Gasteiger partial charge in [-0.1, -0.05) is 30.7 Å². The summed E-state index contributed by atoms with van der Waals surface area (Å²) in [6.07, 6.45) is 2.94. The van der Waals surface area contributed by atoms with E-state index in [-0.39, 0.29) is 18.2 Å². The molecule has 1 aromatic carbocycles. The first kappa shape index (κ1) is 15.3. The molecule has 2 aliphatic rings. The van der Waals surface area contributed by atoms with Gasteiger partial charge in [0.1, 0.15) is 0 Å². The molecule has 1 saturated carbocycles. The van der Waals surface area contributed by atoms with Gasteiger partial charge in [-0.25, -0.2) is 0 Å². The number of nitrogens with two attached hydrogens (primary N) is 1. The number of halogens is 1. The van der Waals surface area contributed by atoms with Crippen molar-refractivity contribution in [2.45, 2.75) is 44.4 Å². The minimum Gasteiger partial charge on any atom is -0.393 e. The maximum atomic E-state index is 10.1. The molecule has 5 atom stereocenters. The number of hydrogen-bond acceptors (Lipinski definition) is 3. The van der Waals surface area contributed by atoms with E-state index in [9.17, 15) is 5.11 Å². The molecule has 21 heavy (non-hydrogen) atoms. The first-order chi connectivity index (χ1) is 10.1. The van der Waals surface area contributed by atoms with Crippen molar-refractivity contribution < 1.29 is 5.11 Å². The lowest BCUT2D eigenvalue weighted by atomic mass is 9.96. The minimum absolute atomic E-state index is 0.113. The Balaban J connectivity index is 1.82. The molecule has 5 unspecified atom stereocenters. The van der Waals surface area contributed by atoms with Crippen LogP contribution in [0.1, 0.15) is 37.8 Å². The van der Waals surface area contributed by atoms with Crippen LogP contribution in [0.15, 0.2) is 24.3 Å². The average molecular weight is 309 g/mol. The van der Waals surface area contributed by atoms with E-state index in [0.29, 0.717) is 11.8 Å². The second-order valence-corrected chi connectivity index (χ2v) is 7.03. The summed E-state index contributed by atoms with van der Waals surface area (Å²) in [7, 11) is 0. The fourth-order valence-electron chi connectivity index (χ4n) is 4.11. The third-order valence-electron chi connectivity index (χ3n) is 5.33. The molecule has 1 aromatic rings. The molecule has 1 aliphatic heterocycles. The second kappa shape index (κ2) is 6.25. The zero-order valence-corrected chi connectivity index (χ0v) is 13.3. The van der Waals surface area contributed by atoms with Crippen LogP contribution in [0.4, 0.5) is 0 Å². The van der Waals surface area contributed by atoms with E-state index in [0.717, 1.165) is 37.4 Å². The van der Waals surface area contributed by atoms with E-state index < -0.39 is 0 Å². The van der Waals surface area contributed by atoms with Crippen molar-refractivity contribution in [1.82, 2.24) is 4.90 Å². The molecule has 3 nitrogen and oxygen atoms in total. The van der Waals surface area contributed by atoms with Crippen molar-refractivity contribution in [3.05, 3.63) is 34.9 Å². The molecule has 116 valence electrons. The maximum Gasteiger partial charge on any atom is 0.0583 e. The Morgan fingerprint density at radius 1 is 1.29 bits per heavy atom. The van der Waals surface area contributed by atoms with Crippen molar-refractivity contribution in [3.63, 3.8) is 0 Å². The highest BCUT2D eigenvalue weighted by Gasteiger charge is 2.44. The van der Waals surface area contributed by atoms with Gasteiger partial charge in [0.15, 0.2) is 0 Å². The van der Waals surface area contributed by atoms with Gasteiger partial charge in [-0.2, -0.15) is 0 Å². The Morgan fingerprint density at radius 3 is 2.62 bits per heavy atom. The molecule has 0 bridgehead atoms. The van der Waals surface area contributed by atoms with Crippen LogP contribution in [0, 0.1) is 11.8 Å². The molecule has 0 aromatic heterocycles. The number of nitrogens with zero attached hydrogens (tertiary/aromatic N) is 1. The highest BCUT2D eigenvalue weighted by Crippen LogP contribution is 2.42. The number of rotatable bonds is 4. The first-order valence-electron chi connectivity index (χ1n) is 8.03. The Hall–Kier alpha value is -0.610. The summed E-state index contributed by atoms with van der Waals surface area (Å²) < 4.78 is 0. The van der Waals surface area contributed by atoms with Crippen LogP contribution in [0.5, 0.6) is 0 Å². The number of aliphatic hydroxyl groups is 1. The van der Waals surface area contributed by atoms with E-state index in [1.54, 1.807) is 0 Å². The Labute approximate surface area is 132 Å². The summed E-state index contributed by atoms with van der Waals surface area (Å²) in [4.78, 5) is 2.48. The molecular formula is C17H25ClN2O. The number of benzene rings is 1. The van der Waals surface area contributed by atoms with E-state index in [1.165, 1.54) is 5.56 Å². The summed E-state index contributed by atoms with van der Waals surface area (Å²) in [6.45, 7) is 4.16. The number of likely N-dealkylation sites (tertiary alicyclic amines) is 1. The highest BCUT2D eigenvalue weighted by atomic mass is 35.5. The van der Waals surface area contributed by atoms with Crippen molar-refractivity contribution in [2.24, 2.45) is 17.6 Å². The molecule has 1 aliphatic carbocycles. The Morgan fingerprint density at radius 2 is 2.00 bits per heavy atom. The summed E-state index contributed by atoms with van der Waals surface area (Å²) >= 11 is 6.01. The van der Waals surface area contributed by atoms with Crippen molar-refractivity contribution in [2.75, 3.05) is 13.1 Å². The molecule has 4 heteroatoms. The highest BCUT2D eigenvalue weighted by molar-refractivity contribution is 6.30. The van der Waals surface area contributed by atoms with Gasteiger partial charge in [-0.3, -0.25) is 4.90 Å². The zero-order chi connectivity index (χ0) is 15.0. The maximum absolute atomic E-state index is 10.1. The molecular weight excluding hydrogens is 284 g/mol. The summed E-state index contributed by atoms with van der Waals surface area (Å²) in [5.74, 6) is 1.07. The quantitative estimate of drug-likeness (QED) is 0.899. The molecule has 0 radical (unpaired) electrons. The van der Waals surface area contributed by atoms with Crippen LogP contribution in [-0.4, -0.2) is 35.2 Å². The Bertz CT molecular complexity index is 478. The molecule has 0 spiro atoms. The van der Waals surface area contributed by atoms with Gasteiger partial charge in [0.2, 0.25) is 0 Å². The van der Waals surface area contributed by atoms with Crippen molar-refractivity contribution in [3.8, 4) is 0 Å². The van der Waals surface area contributed by atoms with Crippen molar-refractivity contribution in [1.29, 1.82) is 0 Å². The van der Waals surface area contributed by atoms with E-state index in [4.69, 9.17) is 17.3 Å². The molecule has 3 N–H and O–H groups in total. The van der Waals surface area contributed by atoms with Crippen LogP contribution in [0.2, 0.25) is 5.02 Å². The lowest BCUT2D eigenvalue weighted by Gasteiger charge is -2.33. The fourth-order valence-corrected chi connectivity index (χ4v) is 4.24. The van der Waals surface area contributed by atoms with Crippen molar-refractivity contribution >= 4 is 11.6 Å². The van der Waals surface area contributed by atoms with Gasteiger partial charge in [0.25, 0.3) is 0 Å². The van der Waals surface area contributed by atoms with Crippen LogP contribution < -0.4 is 5.73 Å². The predicted octanol–water partition coefficient (Wildman–Crippen LogP) is 2.82. The fraction of sp³-hybridized carbons (Fsp3) is 0.647. The van der Waals surface area contributed by atoms with Gasteiger partial charge in [0.05, 0.1) is 6.10 Å². The standard InChI is InChI=1S/C17H25ClN2O/c1-2-15(19)17(11-3-6-13(18)7-4-11)20-9-12-5-8-16(21)14(12)10-20/h3-4,6-7,12,14-17,21H,2,5,8-10,19H2,1H3. The predicted molar refractivity (Wildman–Crippen MR) is 86.3 cm³/mol. The van der Waals surface area contributed by atoms with Crippen LogP contribution in [0.3, 0.4) is 0 Å². The topological polar surface area (TPSA) is 49.5 Å². The minimum atomic E-state index is -0.122. The molecule has 3 rings (SSSR count). The van der Waals surface area contributed by atoms with Gasteiger partial charge in [-0.05, 0) is 42.9 Å². The van der Waals surface area contributed by atoms with Crippen LogP contribution >= 0.6 is 11.6 Å². The average Bonchev–Trinajstić information content (AvgIpc) is 3.04. The normalized spacial score (nSPS) is 32.1. The van der Waals surface area contributed by atoms with Gasteiger partial charge in [0, 0.05) is 36.1 Å². The van der Waals surface area contributed by atoms with Crippen LogP contribution in [-0.2, 0) is 0 Å². The van der Waals surface area contributed by atoms with Crippen LogP contribution in [0.25, 0.3) is 0 Å². The molecule has 1 heterocycles. The van der Waals surface area contributed by atoms with E-state index >= 15 is 0 Å². The summed E-state index contributed by atoms with van der Waals surface area (Å²) in [5.41, 5.74) is 7.65. The van der Waals surface area contributed by atoms with Gasteiger partial charge >= 0.3 is 0 Å². The monoisotopic (exact) mass is 308 g/mol. The smallest absolute Gasteiger partial charge is 0.0583 e. The number of fused-ring (bicyclic) bond motifs is 1. The van der Waals surface area contributed by atoms with Gasteiger partial charge in [-0.15, -0.1) is 0 Å². The summed E-state index contributed by atoms with van der Waals surface area (Å²) in [5, 5.41) is 10.9. The SMILES string of the molecule is CCC(N)C(c1ccc(Cl)cc1)N1CC2CCC(O)C2C1. The largest absolute Gasteiger partial charge is 0.393 e. The first-order valence-corrected chi connectivity index (χ1v) is 8.41. The number of aliphatic hydroxyl groups excluding tert-OH is 1. The zero-order valence-electron chi connectivity index (χ0n) is 12.6. The van der Waals surface area contributed by atoms with Gasteiger partial charge < -0.3 is 10.8 Å². The van der Waals surface area contributed by atoms with E-state index in [1.807, 2.05) is 12.1 Å². The summed E-state index contributed by atoms with van der Waals surface area (Å²) in [6, 6.07) is 8.41. The molecule has 2 fully saturated rings. The second-order valence-electron chi connectivity index (χ2n) is 6.59. The Kier molecular flexibility index (Phi) is 4.55. The third kappa shape index (κ3) is 2.98. The van der Waals surface area contributed by atoms with E-state index in [2.05, 4.69) is 24.0 Å². The lowest BCUT2D eigenvalue weighted by Crippen LogP contribution is -2.40. The third-order valence-corrected chi connectivity index (χ3v) is 5.58. The molecule has 0 amide bonds. The number of hydrogen-bond donors (Lipinski definition) is 2. The lowest BCUT2D eigenvalue weighted by molar-refractivity contribution is 0.114. The molecule has 1 saturated heterocycles.